The Labute approximate surface area is 94.2 Å². The van der Waals surface area contributed by atoms with Gasteiger partial charge < -0.3 is 11.1 Å². The first-order chi connectivity index (χ1) is 7.25. The Morgan fingerprint density at radius 2 is 2.13 bits per heavy atom. The number of halogens is 1. The molecule has 2 rings (SSSR count). The number of nitrogens with two attached hydrogens (primary N) is 1. The van der Waals surface area contributed by atoms with Gasteiger partial charge in [0.05, 0.1) is 11.4 Å². The third-order valence-corrected chi connectivity index (χ3v) is 3.08. The lowest BCUT2D eigenvalue weighted by molar-refractivity contribution is 0.369. The molecule has 1 aliphatic heterocycles. The van der Waals surface area contributed by atoms with E-state index in [0.29, 0.717) is 16.8 Å². The van der Waals surface area contributed by atoms with Crippen molar-refractivity contribution in [2.45, 2.75) is 19.3 Å². The minimum Gasteiger partial charge on any atom is -0.396 e. The first kappa shape index (κ1) is 10.6. The van der Waals surface area contributed by atoms with Gasteiger partial charge >= 0.3 is 0 Å². The molecule has 0 saturated carbocycles. The van der Waals surface area contributed by atoms with Crippen LogP contribution >= 0.6 is 11.6 Å². The van der Waals surface area contributed by atoms with Gasteiger partial charge in [0.2, 0.25) is 0 Å². The number of nitrogens with zero attached hydrogens (tertiary/aromatic N) is 2. The Hall–Kier alpha value is -0.870. The van der Waals surface area contributed by atoms with E-state index in [1.54, 1.807) is 0 Å². The average molecular weight is 227 g/mol. The topological polar surface area (TPSA) is 63.8 Å². The van der Waals surface area contributed by atoms with Crippen LogP contribution in [0.4, 0.5) is 5.69 Å². The third-order valence-electron chi connectivity index (χ3n) is 2.78. The number of nitrogens with one attached hydrogen (secondary N) is 1. The summed E-state index contributed by atoms with van der Waals surface area (Å²) in [6, 6.07) is 1.83. The van der Waals surface area contributed by atoms with Gasteiger partial charge in [-0.2, -0.15) is 5.10 Å². The molecule has 15 heavy (non-hydrogen) atoms. The van der Waals surface area contributed by atoms with E-state index in [1.165, 1.54) is 12.8 Å². The third kappa shape index (κ3) is 2.79. The van der Waals surface area contributed by atoms with E-state index in [-0.39, 0.29) is 0 Å². The van der Waals surface area contributed by atoms with E-state index in [1.807, 2.05) is 6.07 Å². The van der Waals surface area contributed by atoms with Crippen LogP contribution in [-0.4, -0.2) is 23.3 Å². The van der Waals surface area contributed by atoms with E-state index >= 15 is 0 Å². The van der Waals surface area contributed by atoms with Crippen LogP contribution in [0, 0.1) is 5.92 Å². The molecule has 0 amide bonds. The summed E-state index contributed by atoms with van der Waals surface area (Å²) in [7, 11) is 0. The fourth-order valence-electron chi connectivity index (χ4n) is 1.92. The SMILES string of the molecule is Nc1cc(CC2CCNCC2)nnc1Cl. The second-order valence-corrected chi connectivity index (χ2v) is 4.34. The standard InChI is InChI=1S/C10H15ClN4/c11-10-9(12)6-8(14-15-10)5-7-1-3-13-4-2-7/h6-7,13H,1-5H2,(H2,12,14). The van der Waals surface area contributed by atoms with Gasteiger partial charge in [0.15, 0.2) is 5.15 Å². The number of anilines is 1. The van der Waals surface area contributed by atoms with Gasteiger partial charge in [-0.3, -0.25) is 0 Å². The molecule has 2 heterocycles. The molecule has 0 radical (unpaired) electrons. The molecule has 0 aliphatic carbocycles. The molecule has 0 spiro atoms. The molecule has 0 aromatic carbocycles. The summed E-state index contributed by atoms with van der Waals surface area (Å²) >= 11 is 5.71. The highest BCUT2D eigenvalue weighted by atomic mass is 35.5. The minimum absolute atomic E-state index is 0.295. The van der Waals surface area contributed by atoms with Crippen LogP contribution in [0.15, 0.2) is 6.07 Å². The minimum atomic E-state index is 0.295. The molecule has 1 aromatic heterocycles. The molecular formula is C10H15ClN4. The van der Waals surface area contributed by atoms with Crippen LogP contribution in [0.1, 0.15) is 18.5 Å². The fourth-order valence-corrected chi connectivity index (χ4v) is 2.01. The zero-order chi connectivity index (χ0) is 10.7. The van der Waals surface area contributed by atoms with Gasteiger partial charge in [-0.1, -0.05) is 11.6 Å². The molecule has 1 aliphatic rings. The van der Waals surface area contributed by atoms with Crippen molar-refractivity contribution in [2.24, 2.45) is 5.92 Å². The van der Waals surface area contributed by atoms with Gasteiger partial charge in [-0.25, -0.2) is 0 Å². The zero-order valence-corrected chi connectivity index (χ0v) is 9.30. The van der Waals surface area contributed by atoms with E-state index in [9.17, 15) is 0 Å². The van der Waals surface area contributed by atoms with Crippen molar-refractivity contribution in [1.29, 1.82) is 0 Å². The maximum absolute atomic E-state index is 5.71. The van der Waals surface area contributed by atoms with Crippen molar-refractivity contribution < 1.29 is 0 Å². The van der Waals surface area contributed by atoms with Gasteiger partial charge in [-0.15, -0.1) is 5.10 Å². The lowest BCUT2D eigenvalue weighted by atomic mass is 9.93. The maximum Gasteiger partial charge on any atom is 0.174 e. The molecule has 3 N–H and O–H groups in total. The Bertz CT molecular complexity index is 336. The average Bonchev–Trinajstić information content (AvgIpc) is 2.25. The molecule has 1 aromatic rings. The lowest BCUT2D eigenvalue weighted by Crippen LogP contribution is -2.28. The summed E-state index contributed by atoms with van der Waals surface area (Å²) in [6.45, 7) is 2.20. The summed E-state index contributed by atoms with van der Waals surface area (Å²) < 4.78 is 0. The normalized spacial score (nSPS) is 17.9. The van der Waals surface area contributed by atoms with E-state index in [2.05, 4.69) is 15.5 Å². The maximum atomic E-state index is 5.71. The summed E-state index contributed by atoms with van der Waals surface area (Å²) in [5, 5.41) is 11.5. The molecule has 1 fully saturated rings. The molecule has 0 bridgehead atoms. The molecule has 82 valence electrons. The van der Waals surface area contributed by atoms with Crippen molar-refractivity contribution in [3.8, 4) is 0 Å². The van der Waals surface area contributed by atoms with Crippen molar-refractivity contribution in [3.05, 3.63) is 16.9 Å². The first-order valence-corrected chi connectivity index (χ1v) is 5.62. The Morgan fingerprint density at radius 1 is 1.40 bits per heavy atom. The smallest absolute Gasteiger partial charge is 0.174 e. The van der Waals surface area contributed by atoms with Gasteiger partial charge in [0.25, 0.3) is 0 Å². The predicted octanol–water partition coefficient (Wildman–Crippen LogP) is 1.25. The van der Waals surface area contributed by atoms with Crippen LogP contribution in [-0.2, 0) is 6.42 Å². The highest BCUT2D eigenvalue weighted by molar-refractivity contribution is 6.31. The van der Waals surface area contributed by atoms with E-state index < -0.39 is 0 Å². The monoisotopic (exact) mass is 226 g/mol. The molecule has 1 saturated heterocycles. The van der Waals surface area contributed by atoms with Gasteiger partial charge in [-0.05, 0) is 44.3 Å². The first-order valence-electron chi connectivity index (χ1n) is 5.24. The quantitative estimate of drug-likeness (QED) is 0.797. The van der Waals surface area contributed by atoms with Crippen LogP contribution in [0.5, 0.6) is 0 Å². The molecule has 5 heteroatoms. The van der Waals surface area contributed by atoms with E-state index in [4.69, 9.17) is 17.3 Å². The predicted molar refractivity (Wildman–Crippen MR) is 60.8 cm³/mol. The molecule has 4 nitrogen and oxygen atoms in total. The summed E-state index contributed by atoms with van der Waals surface area (Å²) in [6.07, 6.45) is 3.35. The highest BCUT2D eigenvalue weighted by Gasteiger charge is 2.14. The highest BCUT2D eigenvalue weighted by Crippen LogP contribution is 2.20. The number of piperidine rings is 1. The molecular weight excluding hydrogens is 212 g/mol. The van der Waals surface area contributed by atoms with Crippen molar-refractivity contribution in [1.82, 2.24) is 15.5 Å². The van der Waals surface area contributed by atoms with E-state index in [0.717, 1.165) is 25.2 Å². The lowest BCUT2D eigenvalue weighted by Gasteiger charge is -2.21. The van der Waals surface area contributed by atoms with Gasteiger partial charge in [0, 0.05) is 0 Å². The molecule has 0 unspecified atom stereocenters. The number of hydrogen-bond donors (Lipinski definition) is 2. The number of nitrogen functional groups attached to an aromatic ring is 1. The van der Waals surface area contributed by atoms with Crippen LogP contribution < -0.4 is 11.1 Å². The van der Waals surface area contributed by atoms with Crippen molar-refractivity contribution >= 4 is 17.3 Å². The number of aromatic nitrogens is 2. The van der Waals surface area contributed by atoms with Crippen molar-refractivity contribution in [2.75, 3.05) is 18.8 Å². The van der Waals surface area contributed by atoms with Crippen LogP contribution in [0.2, 0.25) is 5.15 Å². The second kappa shape index (κ2) is 4.77. The fraction of sp³-hybridized carbons (Fsp3) is 0.600. The summed E-state index contributed by atoms with van der Waals surface area (Å²) in [4.78, 5) is 0. The Balaban J connectivity index is 2.00. The largest absolute Gasteiger partial charge is 0.396 e. The Morgan fingerprint density at radius 3 is 2.80 bits per heavy atom. The second-order valence-electron chi connectivity index (χ2n) is 3.98. The summed E-state index contributed by atoms with van der Waals surface area (Å²) in [5.74, 6) is 0.695. The Kier molecular flexibility index (Phi) is 3.38. The number of rotatable bonds is 2. The zero-order valence-electron chi connectivity index (χ0n) is 8.54. The van der Waals surface area contributed by atoms with Crippen molar-refractivity contribution in [3.63, 3.8) is 0 Å². The molecule has 0 atom stereocenters. The van der Waals surface area contributed by atoms with Gasteiger partial charge in [0.1, 0.15) is 0 Å². The van der Waals surface area contributed by atoms with Crippen LogP contribution in [0.3, 0.4) is 0 Å². The number of hydrogen-bond acceptors (Lipinski definition) is 4. The summed E-state index contributed by atoms with van der Waals surface area (Å²) in [5.41, 5.74) is 7.15. The van der Waals surface area contributed by atoms with Crippen LogP contribution in [0.25, 0.3) is 0 Å².